The molecular formula is C32H35NO11. The summed E-state index contributed by atoms with van der Waals surface area (Å²) in [6.45, 7) is 1.75. The van der Waals surface area contributed by atoms with Crippen LogP contribution in [0.3, 0.4) is 0 Å². The zero-order valence-electron chi connectivity index (χ0n) is 24.4. The van der Waals surface area contributed by atoms with E-state index >= 15 is 0 Å². The molecule has 234 valence electrons. The Hall–Kier alpha value is -4.42. The minimum atomic E-state index is -1.79. The number of rotatable bonds is 8. The number of ether oxygens (including phenoxy) is 4. The summed E-state index contributed by atoms with van der Waals surface area (Å²) in [6.07, 6.45) is -1.53. The van der Waals surface area contributed by atoms with Gasteiger partial charge < -0.3 is 39.2 Å². The predicted molar refractivity (Wildman–Crippen MR) is 152 cm³/mol. The van der Waals surface area contributed by atoms with Crippen molar-refractivity contribution < 1.29 is 53.4 Å². The van der Waals surface area contributed by atoms with E-state index in [0.717, 1.165) is 31.0 Å². The minimum absolute atomic E-state index is 0.0569. The van der Waals surface area contributed by atoms with E-state index in [1.54, 1.807) is 30.3 Å². The monoisotopic (exact) mass is 609 g/mol. The van der Waals surface area contributed by atoms with Crippen molar-refractivity contribution in [2.45, 2.75) is 75.4 Å². The lowest BCUT2D eigenvalue weighted by atomic mass is 9.77. The van der Waals surface area contributed by atoms with E-state index < -0.39 is 54.2 Å². The second-order valence-corrected chi connectivity index (χ2v) is 11.4. The van der Waals surface area contributed by atoms with Gasteiger partial charge in [-0.1, -0.05) is 36.4 Å². The third kappa shape index (κ3) is 6.56. The summed E-state index contributed by atoms with van der Waals surface area (Å²) in [7, 11) is 1.97. The molecule has 0 saturated heterocycles. The molecule has 0 unspecified atom stereocenters. The number of nitrogens with zero attached hydrogens (tertiary/aromatic N) is 1. The van der Waals surface area contributed by atoms with Crippen LogP contribution in [0.25, 0.3) is 0 Å². The number of carboxylic acids is 1. The van der Waals surface area contributed by atoms with Crippen molar-refractivity contribution in [1.29, 1.82) is 0 Å². The summed E-state index contributed by atoms with van der Waals surface area (Å²) < 4.78 is 22.4. The first kappa shape index (κ1) is 31.0. The summed E-state index contributed by atoms with van der Waals surface area (Å²) in [5.41, 5.74) is 0.793. The van der Waals surface area contributed by atoms with Gasteiger partial charge in [0.25, 0.3) is 0 Å². The van der Waals surface area contributed by atoms with Crippen molar-refractivity contribution in [3.8, 4) is 11.5 Å². The maximum atomic E-state index is 13.7. The summed E-state index contributed by atoms with van der Waals surface area (Å²) in [5, 5.41) is 32.0. The molecule has 44 heavy (non-hydrogen) atoms. The lowest BCUT2D eigenvalue weighted by Gasteiger charge is -2.44. The molecule has 2 heterocycles. The zero-order valence-corrected chi connectivity index (χ0v) is 24.4. The van der Waals surface area contributed by atoms with E-state index in [1.807, 2.05) is 13.1 Å². The molecule has 2 aromatic rings. The second kappa shape index (κ2) is 12.7. The van der Waals surface area contributed by atoms with Gasteiger partial charge >= 0.3 is 23.9 Å². The first-order valence-electron chi connectivity index (χ1n) is 14.4. The van der Waals surface area contributed by atoms with Crippen molar-refractivity contribution >= 4 is 23.9 Å². The maximum Gasteiger partial charge on any atom is 0.357 e. The fraction of sp³-hybridized carbons (Fsp3) is 0.438. The SMILES string of the molecule is CC(=O)O[C@@H](CC(=O)O)C(=O)O[C@H](C(=O)OC1=CC[C@]2(O)C[C@H]1Oc1c(O)ccc3c1CCCN(C)[C@@H]2C3)c1ccccc1. The van der Waals surface area contributed by atoms with Gasteiger partial charge in [-0.2, -0.15) is 0 Å². The van der Waals surface area contributed by atoms with Gasteiger partial charge in [-0.15, -0.1) is 0 Å². The van der Waals surface area contributed by atoms with Crippen LogP contribution in [0.1, 0.15) is 55.4 Å². The molecule has 0 fully saturated rings. The number of hydrogen-bond donors (Lipinski definition) is 3. The summed E-state index contributed by atoms with van der Waals surface area (Å²) in [5.74, 6) is -4.30. The van der Waals surface area contributed by atoms with Crippen LogP contribution in [0, 0.1) is 0 Å². The highest BCUT2D eigenvalue weighted by Crippen LogP contribution is 2.44. The molecule has 2 aliphatic heterocycles. The third-order valence-corrected chi connectivity index (χ3v) is 8.31. The van der Waals surface area contributed by atoms with Crippen LogP contribution in [0.5, 0.6) is 11.5 Å². The van der Waals surface area contributed by atoms with Gasteiger partial charge in [0.2, 0.25) is 12.2 Å². The zero-order chi connectivity index (χ0) is 31.6. The highest BCUT2D eigenvalue weighted by Gasteiger charge is 2.48. The molecule has 6 bridgehead atoms. The standard InChI is InChI=1S/C32H35NO11/c1-18(34)41-24(16-27(36)37)30(38)44-28(19-7-4-3-5-8-19)31(39)43-23-12-13-32(40)17-25(23)42-29-21-9-6-14-33(2)26(32)15-20(21)10-11-22(29)35/h3-5,7-8,10-12,24-26,28,35,40H,6,9,13-17H2,1-2H3,(H,36,37)/t24-,25+,26+,28-,32-/m0/s1. The van der Waals surface area contributed by atoms with Gasteiger partial charge in [0.05, 0.1) is 12.0 Å². The molecule has 0 aromatic heterocycles. The highest BCUT2D eigenvalue weighted by atomic mass is 16.6. The van der Waals surface area contributed by atoms with Crippen molar-refractivity contribution in [3.63, 3.8) is 0 Å². The lowest BCUT2D eigenvalue weighted by Crippen LogP contribution is -2.56. The van der Waals surface area contributed by atoms with Gasteiger partial charge in [0.1, 0.15) is 5.76 Å². The normalized spacial score (nSPS) is 24.0. The number of carboxylic acid groups (broad SMARTS) is 1. The molecule has 3 aliphatic rings. The summed E-state index contributed by atoms with van der Waals surface area (Å²) in [6, 6.07) is 11.1. The third-order valence-electron chi connectivity index (χ3n) is 8.31. The molecule has 2 aromatic carbocycles. The quantitative estimate of drug-likeness (QED) is 0.296. The molecule has 0 radical (unpaired) electrons. The highest BCUT2D eigenvalue weighted by molar-refractivity contribution is 5.86. The number of esters is 3. The number of aliphatic hydroxyl groups is 1. The Bertz CT molecular complexity index is 1460. The minimum Gasteiger partial charge on any atom is -0.504 e. The smallest absolute Gasteiger partial charge is 0.357 e. The molecule has 1 aliphatic carbocycles. The Balaban J connectivity index is 1.46. The number of aliphatic carboxylic acids is 1. The maximum absolute atomic E-state index is 13.7. The molecule has 12 nitrogen and oxygen atoms in total. The van der Waals surface area contributed by atoms with Crippen LogP contribution in [-0.4, -0.2) is 81.5 Å². The average Bonchev–Trinajstić information content (AvgIpc) is 2.97. The first-order valence-corrected chi connectivity index (χ1v) is 14.4. The fourth-order valence-corrected chi connectivity index (χ4v) is 6.19. The van der Waals surface area contributed by atoms with E-state index in [4.69, 9.17) is 18.9 Å². The first-order chi connectivity index (χ1) is 20.9. The second-order valence-electron chi connectivity index (χ2n) is 11.4. The number of phenolic OH excluding ortho intramolecular Hbond substituents is 1. The van der Waals surface area contributed by atoms with Crippen LogP contribution in [0.4, 0.5) is 0 Å². The number of phenols is 1. The van der Waals surface area contributed by atoms with Gasteiger partial charge in [0.15, 0.2) is 17.6 Å². The Morgan fingerprint density at radius 1 is 1.09 bits per heavy atom. The Labute approximate surface area is 253 Å². The average molecular weight is 610 g/mol. The molecule has 12 heteroatoms. The van der Waals surface area contributed by atoms with Crippen LogP contribution in [-0.2, 0) is 46.2 Å². The van der Waals surface area contributed by atoms with Crippen LogP contribution < -0.4 is 4.74 Å². The molecule has 5 rings (SSSR count). The summed E-state index contributed by atoms with van der Waals surface area (Å²) in [4.78, 5) is 51.6. The van der Waals surface area contributed by atoms with E-state index in [2.05, 4.69) is 4.90 Å². The van der Waals surface area contributed by atoms with Crippen LogP contribution in [0.2, 0.25) is 0 Å². The molecule has 3 N–H and O–H groups in total. The molecular weight excluding hydrogens is 574 g/mol. The number of benzene rings is 2. The van der Waals surface area contributed by atoms with E-state index in [-0.39, 0.29) is 41.7 Å². The van der Waals surface area contributed by atoms with Crippen molar-refractivity contribution in [2.24, 2.45) is 0 Å². The fourth-order valence-electron chi connectivity index (χ4n) is 6.19. The van der Waals surface area contributed by atoms with Crippen molar-refractivity contribution in [2.75, 3.05) is 13.6 Å². The number of hydrogen-bond acceptors (Lipinski definition) is 11. The van der Waals surface area contributed by atoms with E-state index in [9.17, 15) is 34.5 Å². The molecule has 5 atom stereocenters. The van der Waals surface area contributed by atoms with Gasteiger partial charge in [-0.25, -0.2) is 9.59 Å². The molecule has 0 amide bonds. The van der Waals surface area contributed by atoms with Gasteiger partial charge in [0, 0.05) is 30.5 Å². The lowest BCUT2D eigenvalue weighted by molar-refractivity contribution is -0.179. The van der Waals surface area contributed by atoms with Gasteiger partial charge in [-0.3, -0.25) is 9.59 Å². The van der Waals surface area contributed by atoms with Crippen molar-refractivity contribution in [1.82, 2.24) is 4.90 Å². The molecule has 0 saturated carbocycles. The Morgan fingerprint density at radius 2 is 1.84 bits per heavy atom. The number of carbonyl (C=O) groups is 4. The van der Waals surface area contributed by atoms with Gasteiger partial charge in [-0.05, 0) is 57.0 Å². The van der Waals surface area contributed by atoms with E-state index in [1.165, 1.54) is 12.1 Å². The number of aromatic hydroxyl groups is 1. The topological polar surface area (TPSA) is 169 Å². The number of fused-ring (bicyclic) bond motifs is 4. The number of carbonyl (C=O) groups excluding carboxylic acids is 3. The molecule has 0 spiro atoms. The number of likely N-dealkylation sites (N-methyl/N-ethyl adjacent to an activating group) is 1. The predicted octanol–water partition coefficient (Wildman–Crippen LogP) is 2.59. The van der Waals surface area contributed by atoms with Crippen molar-refractivity contribution in [3.05, 3.63) is 71.0 Å². The Kier molecular flexibility index (Phi) is 8.93. The summed E-state index contributed by atoms with van der Waals surface area (Å²) >= 11 is 0. The van der Waals surface area contributed by atoms with Crippen LogP contribution >= 0.6 is 0 Å². The largest absolute Gasteiger partial charge is 0.504 e. The van der Waals surface area contributed by atoms with E-state index in [0.29, 0.717) is 12.8 Å². The van der Waals surface area contributed by atoms with Crippen LogP contribution in [0.15, 0.2) is 54.3 Å². The Morgan fingerprint density at radius 3 is 2.55 bits per heavy atom.